The first kappa shape index (κ1) is 14.3. The molecule has 0 aliphatic carbocycles. The van der Waals surface area contributed by atoms with Crippen LogP contribution in [-0.2, 0) is 14.3 Å². The van der Waals surface area contributed by atoms with Crippen LogP contribution in [-0.4, -0.2) is 72.2 Å². The van der Waals surface area contributed by atoms with E-state index < -0.39 is 12.0 Å². The Balaban J connectivity index is 1.93. The molecule has 19 heavy (non-hydrogen) atoms. The van der Waals surface area contributed by atoms with E-state index >= 15 is 0 Å². The van der Waals surface area contributed by atoms with E-state index in [4.69, 9.17) is 4.74 Å². The molecule has 2 fully saturated rings. The molecule has 0 saturated carbocycles. The van der Waals surface area contributed by atoms with Crippen molar-refractivity contribution >= 4 is 11.9 Å². The van der Waals surface area contributed by atoms with E-state index in [1.165, 1.54) is 0 Å². The number of carboxylic acids is 1. The van der Waals surface area contributed by atoms with Gasteiger partial charge in [-0.15, -0.1) is 0 Å². The Morgan fingerprint density at radius 3 is 2.53 bits per heavy atom. The van der Waals surface area contributed by atoms with Crippen molar-refractivity contribution in [3.8, 4) is 0 Å². The molecule has 0 radical (unpaired) electrons. The van der Waals surface area contributed by atoms with E-state index in [9.17, 15) is 14.7 Å². The average Bonchev–Trinajstić information content (AvgIpc) is 2.65. The molecule has 0 bridgehead atoms. The molecule has 2 aliphatic heterocycles. The van der Waals surface area contributed by atoms with Crippen molar-refractivity contribution in [2.24, 2.45) is 0 Å². The first-order valence-corrected chi connectivity index (χ1v) is 7.01. The molecule has 2 saturated heterocycles. The molecule has 6 nitrogen and oxygen atoms in total. The normalized spacial score (nSPS) is 25.9. The molecular weight excluding hydrogens is 248 g/mol. The van der Waals surface area contributed by atoms with Gasteiger partial charge in [0.25, 0.3) is 0 Å². The third kappa shape index (κ3) is 3.91. The Hall–Kier alpha value is -1.14. The zero-order chi connectivity index (χ0) is 13.7. The van der Waals surface area contributed by atoms with Crippen LogP contribution in [0.15, 0.2) is 0 Å². The monoisotopic (exact) mass is 270 g/mol. The van der Waals surface area contributed by atoms with Crippen molar-refractivity contribution in [3.05, 3.63) is 0 Å². The van der Waals surface area contributed by atoms with Gasteiger partial charge in [0.05, 0.1) is 19.8 Å². The average molecular weight is 270 g/mol. The summed E-state index contributed by atoms with van der Waals surface area (Å²) in [6.45, 7) is 3.31. The summed E-state index contributed by atoms with van der Waals surface area (Å²) in [6.07, 6.45) is 3.59. The summed E-state index contributed by atoms with van der Waals surface area (Å²) in [6, 6.07) is -0.507. The SMILES string of the molecule is O=C(O)C1CCCCCN1CC(=O)N1CCOCC1. The van der Waals surface area contributed by atoms with Crippen LogP contribution in [0.3, 0.4) is 0 Å². The zero-order valence-electron chi connectivity index (χ0n) is 11.2. The summed E-state index contributed by atoms with van der Waals surface area (Å²) in [5.41, 5.74) is 0. The van der Waals surface area contributed by atoms with Gasteiger partial charge in [-0.3, -0.25) is 14.5 Å². The Morgan fingerprint density at radius 1 is 1.11 bits per heavy atom. The van der Waals surface area contributed by atoms with Gasteiger partial charge in [0.15, 0.2) is 0 Å². The second kappa shape index (κ2) is 6.86. The van der Waals surface area contributed by atoms with Gasteiger partial charge in [-0.2, -0.15) is 0 Å². The molecule has 1 unspecified atom stereocenters. The van der Waals surface area contributed by atoms with Crippen molar-refractivity contribution in [1.82, 2.24) is 9.80 Å². The van der Waals surface area contributed by atoms with Crippen molar-refractivity contribution in [2.45, 2.75) is 31.7 Å². The molecule has 1 atom stereocenters. The van der Waals surface area contributed by atoms with Gasteiger partial charge in [-0.05, 0) is 19.4 Å². The van der Waals surface area contributed by atoms with E-state index in [-0.39, 0.29) is 12.5 Å². The molecule has 2 aliphatic rings. The maximum Gasteiger partial charge on any atom is 0.320 e. The summed E-state index contributed by atoms with van der Waals surface area (Å²) >= 11 is 0. The highest BCUT2D eigenvalue weighted by Crippen LogP contribution is 2.17. The Bertz CT molecular complexity index is 329. The summed E-state index contributed by atoms with van der Waals surface area (Å²) in [5, 5.41) is 9.27. The van der Waals surface area contributed by atoms with Crippen molar-refractivity contribution in [3.63, 3.8) is 0 Å². The fraction of sp³-hybridized carbons (Fsp3) is 0.846. The van der Waals surface area contributed by atoms with Crippen molar-refractivity contribution in [1.29, 1.82) is 0 Å². The first-order valence-electron chi connectivity index (χ1n) is 7.01. The summed E-state index contributed by atoms with van der Waals surface area (Å²) in [7, 11) is 0. The fourth-order valence-electron chi connectivity index (χ4n) is 2.72. The van der Waals surface area contributed by atoms with Gasteiger partial charge < -0.3 is 14.7 Å². The predicted molar refractivity (Wildman–Crippen MR) is 68.9 cm³/mol. The summed E-state index contributed by atoms with van der Waals surface area (Å²) in [5.74, 6) is -0.784. The summed E-state index contributed by atoms with van der Waals surface area (Å²) < 4.78 is 5.22. The van der Waals surface area contributed by atoms with Crippen LogP contribution < -0.4 is 0 Å². The van der Waals surface area contributed by atoms with E-state index in [0.717, 1.165) is 19.3 Å². The molecule has 0 aromatic rings. The van der Waals surface area contributed by atoms with Gasteiger partial charge in [0, 0.05) is 13.1 Å². The molecule has 1 N–H and O–H groups in total. The maximum absolute atomic E-state index is 12.2. The molecule has 0 spiro atoms. The minimum atomic E-state index is -0.809. The molecule has 1 amide bonds. The smallest absolute Gasteiger partial charge is 0.320 e. The number of carboxylic acid groups (broad SMARTS) is 1. The van der Waals surface area contributed by atoms with Gasteiger partial charge in [-0.1, -0.05) is 12.8 Å². The van der Waals surface area contributed by atoms with Crippen LogP contribution in [0.2, 0.25) is 0 Å². The lowest BCUT2D eigenvalue weighted by molar-refractivity contribution is -0.145. The number of carbonyl (C=O) groups is 2. The number of likely N-dealkylation sites (tertiary alicyclic amines) is 1. The number of nitrogens with zero attached hydrogens (tertiary/aromatic N) is 2. The number of amides is 1. The topological polar surface area (TPSA) is 70.1 Å². The van der Waals surface area contributed by atoms with Crippen LogP contribution in [0.5, 0.6) is 0 Å². The van der Waals surface area contributed by atoms with Crippen LogP contribution in [0.25, 0.3) is 0 Å². The number of morpholine rings is 1. The Labute approximate surface area is 113 Å². The highest BCUT2D eigenvalue weighted by Gasteiger charge is 2.30. The lowest BCUT2D eigenvalue weighted by Gasteiger charge is -2.31. The number of rotatable bonds is 3. The molecule has 108 valence electrons. The number of ether oxygens (including phenoxy) is 1. The second-order valence-corrected chi connectivity index (χ2v) is 5.17. The fourth-order valence-corrected chi connectivity index (χ4v) is 2.72. The maximum atomic E-state index is 12.2. The molecular formula is C13H22N2O4. The van der Waals surface area contributed by atoms with Gasteiger partial charge in [0.1, 0.15) is 6.04 Å². The minimum absolute atomic E-state index is 0.0245. The van der Waals surface area contributed by atoms with E-state index in [2.05, 4.69) is 0 Å². The standard InChI is InChI=1S/C13H22N2O4/c16-12(14-6-8-19-9-7-14)10-15-5-3-1-2-4-11(15)13(17)18/h11H,1-10H2,(H,17,18). The first-order chi connectivity index (χ1) is 9.18. The zero-order valence-corrected chi connectivity index (χ0v) is 11.2. The Kier molecular flexibility index (Phi) is 5.15. The van der Waals surface area contributed by atoms with Crippen LogP contribution in [0.1, 0.15) is 25.7 Å². The Morgan fingerprint density at radius 2 is 1.84 bits per heavy atom. The summed E-state index contributed by atoms with van der Waals surface area (Å²) in [4.78, 5) is 27.1. The quantitative estimate of drug-likeness (QED) is 0.792. The van der Waals surface area contributed by atoms with Crippen molar-refractivity contribution in [2.75, 3.05) is 39.4 Å². The molecule has 0 aromatic carbocycles. The lowest BCUT2D eigenvalue weighted by Crippen LogP contribution is -2.49. The molecule has 6 heteroatoms. The van der Waals surface area contributed by atoms with Gasteiger partial charge in [0.2, 0.25) is 5.91 Å². The number of hydrogen-bond donors (Lipinski definition) is 1. The third-order valence-corrected chi connectivity index (χ3v) is 3.85. The van der Waals surface area contributed by atoms with E-state index in [0.29, 0.717) is 39.3 Å². The highest BCUT2D eigenvalue weighted by molar-refractivity contribution is 5.80. The minimum Gasteiger partial charge on any atom is -0.480 e. The van der Waals surface area contributed by atoms with E-state index in [1.807, 2.05) is 4.90 Å². The van der Waals surface area contributed by atoms with Gasteiger partial charge in [-0.25, -0.2) is 0 Å². The number of aliphatic carboxylic acids is 1. The second-order valence-electron chi connectivity index (χ2n) is 5.17. The molecule has 2 heterocycles. The molecule has 2 rings (SSSR count). The third-order valence-electron chi connectivity index (χ3n) is 3.85. The largest absolute Gasteiger partial charge is 0.480 e. The van der Waals surface area contributed by atoms with E-state index in [1.54, 1.807) is 4.90 Å². The van der Waals surface area contributed by atoms with Gasteiger partial charge >= 0.3 is 5.97 Å². The predicted octanol–water partition coefficient (Wildman–Crippen LogP) is 0.174. The number of carbonyl (C=O) groups excluding carboxylic acids is 1. The van der Waals surface area contributed by atoms with Crippen LogP contribution in [0, 0.1) is 0 Å². The van der Waals surface area contributed by atoms with Crippen LogP contribution >= 0.6 is 0 Å². The highest BCUT2D eigenvalue weighted by atomic mass is 16.5. The number of hydrogen-bond acceptors (Lipinski definition) is 4. The van der Waals surface area contributed by atoms with Crippen LogP contribution in [0.4, 0.5) is 0 Å². The lowest BCUT2D eigenvalue weighted by atomic mass is 10.1. The molecule has 0 aromatic heterocycles. The van der Waals surface area contributed by atoms with Crippen molar-refractivity contribution < 1.29 is 19.4 Å².